The third kappa shape index (κ3) is 6.71. The zero-order valence-corrected chi connectivity index (χ0v) is 25.2. The van der Waals surface area contributed by atoms with E-state index in [-0.39, 0.29) is 24.2 Å². The number of fused-ring (bicyclic) bond motifs is 1. The molecule has 0 unspecified atom stereocenters. The third-order valence-electron chi connectivity index (χ3n) is 7.69. The molecule has 4 heterocycles. The highest BCUT2D eigenvalue weighted by atomic mass is 19.3. The SMILES string of the molecule is C=N/C(=C\c1ncnn1C)Oc1ccc(Nc2ncnc3ccc(O[C@H]4CCOC4)c(O[C@@H]4CCN(C)CC4(F)F)c23)cc1C. The summed E-state index contributed by atoms with van der Waals surface area (Å²) in [5.41, 5.74) is 1.98. The Morgan fingerprint density at radius 3 is 2.67 bits per heavy atom. The molecule has 2 aromatic carbocycles. The maximum absolute atomic E-state index is 15.2. The Balaban J connectivity index is 1.33. The van der Waals surface area contributed by atoms with Crippen molar-refractivity contribution < 1.29 is 27.7 Å². The number of alkyl halides is 2. The molecule has 14 heteroatoms. The molecule has 4 aromatic rings. The highest BCUT2D eigenvalue weighted by molar-refractivity contribution is 5.97. The quantitative estimate of drug-likeness (QED) is 0.196. The largest absolute Gasteiger partial charge is 0.484 e. The summed E-state index contributed by atoms with van der Waals surface area (Å²) in [4.78, 5) is 18.6. The van der Waals surface area contributed by atoms with Crippen molar-refractivity contribution in [2.45, 2.75) is 37.9 Å². The third-order valence-corrected chi connectivity index (χ3v) is 7.69. The number of halogens is 2. The van der Waals surface area contributed by atoms with Crippen molar-refractivity contribution in [1.29, 1.82) is 0 Å². The Morgan fingerprint density at radius 2 is 1.96 bits per heavy atom. The summed E-state index contributed by atoms with van der Waals surface area (Å²) in [5, 5.41) is 7.80. The molecule has 2 aliphatic rings. The van der Waals surface area contributed by atoms with E-state index < -0.39 is 18.6 Å². The van der Waals surface area contributed by atoms with E-state index in [0.29, 0.717) is 65.9 Å². The highest BCUT2D eigenvalue weighted by Crippen LogP contribution is 2.43. The summed E-state index contributed by atoms with van der Waals surface area (Å²) < 4.78 is 55.9. The van der Waals surface area contributed by atoms with Gasteiger partial charge in [-0.2, -0.15) is 5.10 Å². The van der Waals surface area contributed by atoms with Gasteiger partial charge in [-0.15, -0.1) is 0 Å². The molecule has 45 heavy (non-hydrogen) atoms. The molecule has 0 amide bonds. The van der Waals surface area contributed by atoms with Gasteiger partial charge in [-0.1, -0.05) is 0 Å². The molecule has 236 valence electrons. The lowest BCUT2D eigenvalue weighted by atomic mass is 10.0. The molecule has 0 bridgehead atoms. The van der Waals surface area contributed by atoms with Crippen LogP contribution in [0.2, 0.25) is 0 Å². The summed E-state index contributed by atoms with van der Waals surface area (Å²) in [5.74, 6) is -0.818. The van der Waals surface area contributed by atoms with Crippen molar-refractivity contribution in [1.82, 2.24) is 29.6 Å². The number of likely N-dealkylation sites (tertiary alicyclic amines) is 1. The fourth-order valence-electron chi connectivity index (χ4n) is 5.31. The van der Waals surface area contributed by atoms with Gasteiger partial charge in [0.2, 0.25) is 5.88 Å². The number of nitrogens with zero attached hydrogens (tertiary/aromatic N) is 7. The lowest BCUT2D eigenvalue weighted by molar-refractivity contribution is -0.135. The van der Waals surface area contributed by atoms with Crippen LogP contribution in [0.15, 0.2) is 53.9 Å². The van der Waals surface area contributed by atoms with Crippen LogP contribution in [0, 0.1) is 6.92 Å². The van der Waals surface area contributed by atoms with Crippen LogP contribution in [0.3, 0.4) is 0 Å². The van der Waals surface area contributed by atoms with E-state index in [9.17, 15) is 0 Å². The molecule has 12 nitrogen and oxygen atoms in total. The summed E-state index contributed by atoms with van der Waals surface area (Å²) in [7, 11) is 3.43. The van der Waals surface area contributed by atoms with Gasteiger partial charge in [0.1, 0.15) is 30.3 Å². The molecule has 2 saturated heterocycles. The van der Waals surface area contributed by atoms with Gasteiger partial charge in [0.25, 0.3) is 5.92 Å². The maximum Gasteiger partial charge on any atom is 0.296 e. The lowest BCUT2D eigenvalue weighted by Gasteiger charge is -2.36. The molecule has 1 N–H and O–H groups in total. The zero-order chi connectivity index (χ0) is 31.6. The van der Waals surface area contributed by atoms with E-state index in [4.69, 9.17) is 18.9 Å². The van der Waals surface area contributed by atoms with Crippen molar-refractivity contribution in [3.63, 3.8) is 0 Å². The first-order valence-corrected chi connectivity index (χ1v) is 14.5. The summed E-state index contributed by atoms with van der Waals surface area (Å²) in [6, 6.07) is 8.93. The average molecular weight is 621 g/mol. The molecule has 6 rings (SSSR count). The van der Waals surface area contributed by atoms with Crippen LogP contribution in [0.5, 0.6) is 17.2 Å². The fourth-order valence-corrected chi connectivity index (χ4v) is 5.31. The molecule has 0 saturated carbocycles. The number of hydrogen-bond donors (Lipinski definition) is 1. The number of aliphatic imine (C=N–C) groups is 1. The predicted molar refractivity (Wildman–Crippen MR) is 164 cm³/mol. The molecule has 0 radical (unpaired) electrons. The van der Waals surface area contributed by atoms with Gasteiger partial charge >= 0.3 is 0 Å². The van der Waals surface area contributed by atoms with Crippen molar-refractivity contribution >= 4 is 35.2 Å². The van der Waals surface area contributed by atoms with Gasteiger partial charge in [0.05, 0.1) is 30.7 Å². The second-order valence-electron chi connectivity index (χ2n) is 11.1. The van der Waals surface area contributed by atoms with Crippen LogP contribution in [0.1, 0.15) is 24.2 Å². The van der Waals surface area contributed by atoms with Crippen molar-refractivity contribution in [2.75, 3.05) is 38.7 Å². The first-order valence-electron chi connectivity index (χ1n) is 14.5. The predicted octanol–water partition coefficient (Wildman–Crippen LogP) is 4.77. The topological polar surface area (TPSA) is 121 Å². The maximum atomic E-state index is 15.2. The first kappa shape index (κ1) is 30.3. The van der Waals surface area contributed by atoms with E-state index >= 15 is 8.78 Å². The Bertz CT molecular complexity index is 1720. The number of hydrogen-bond acceptors (Lipinski definition) is 11. The number of anilines is 2. The number of aromatic nitrogens is 5. The van der Waals surface area contributed by atoms with Crippen molar-refractivity contribution in [2.24, 2.45) is 12.0 Å². The standard InChI is InChI=1S/C31H34F2N8O4/c1-19-13-20(5-7-23(19)44-27(34-2)14-26-36-18-38-41(26)4)39-30-28-22(35-17-37-30)6-8-24(43-21-10-12-42-15-21)29(28)45-25-9-11-40(3)16-31(25,32)33/h5-8,13-14,17-18,21,25H,2,9-12,15-16H2,1,3-4H3,(H,35,37,39)/b27-14+/t21-,25+/m0/s1. The molecular weight excluding hydrogens is 586 g/mol. The molecule has 2 aromatic heterocycles. The second kappa shape index (κ2) is 12.7. The Morgan fingerprint density at radius 1 is 1.11 bits per heavy atom. The van der Waals surface area contributed by atoms with Crippen LogP contribution >= 0.6 is 0 Å². The first-order chi connectivity index (χ1) is 21.7. The Hall–Kier alpha value is -4.69. The van der Waals surface area contributed by atoms with Crippen LogP contribution in [0.25, 0.3) is 17.0 Å². The molecule has 2 atom stereocenters. The smallest absolute Gasteiger partial charge is 0.296 e. The van der Waals surface area contributed by atoms with E-state index in [0.717, 1.165) is 5.56 Å². The van der Waals surface area contributed by atoms with Gasteiger partial charge in [0, 0.05) is 38.2 Å². The van der Waals surface area contributed by atoms with Crippen molar-refractivity contribution in [3.05, 3.63) is 60.3 Å². The minimum atomic E-state index is -3.07. The molecular formula is C31H34F2N8O4. The lowest BCUT2D eigenvalue weighted by Crippen LogP contribution is -2.52. The summed E-state index contributed by atoms with van der Waals surface area (Å²) >= 11 is 0. The van der Waals surface area contributed by atoms with Gasteiger partial charge in [-0.05, 0) is 56.6 Å². The van der Waals surface area contributed by atoms with E-state index in [2.05, 4.69) is 37.1 Å². The van der Waals surface area contributed by atoms with Gasteiger partial charge in [-0.3, -0.25) is 0 Å². The monoisotopic (exact) mass is 620 g/mol. The summed E-state index contributed by atoms with van der Waals surface area (Å²) in [6.07, 6.45) is 3.73. The molecule has 2 fully saturated rings. The number of aryl methyl sites for hydroxylation is 2. The number of piperidine rings is 1. The number of benzene rings is 2. The Labute approximate surface area is 258 Å². The number of nitrogens with one attached hydrogen (secondary N) is 1. The number of ether oxygens (including phenoxy) is 4. The van der Waals surface area contributed by atoms with Crippen LogP contribution in [0.4, 0.5) is 20.3 Å². The van der Waals surface area contributed by atoms with Gasteiger partial charge in [0.15, 0.2) is 23.4 Å². The molecule has 2 aliphatic heterocycles. The highest BCUT2D eigenvalue weighted by Gasteiger charge is 2.46. The average Bonchev–Trinajstić information content (AvgIpc) is 3.67. The molecule has 0 spiro atoms. The second-order valence-corrected chi connectivity index (χ2v) is 11.1. The molecule has 0 aliphatic carbocycles. The van der Waals surface area contributed by atoms with Crippen LogP contribution in [-0.4, -0.2) is 87.8 Å². The number of rotatable bonds is 10. The van der Waals surface area contributed by atoms with E-state index in [1.807, 2.05) is 13.0 Å². The van der Waals surface area contributed by atoms with Crippen LogP contribution < -0.4 is 19.5 Å². The van der Waals surface area contributed by atoms with E-state index in [1.165, 1.54) is 12.7 Å². The minimum absolute atomic E-state index is 0.148. The Kier molecular flexibility index (Phi) is 8.59. The van der Waals surface area contributed by atoms with Gasteiger partial charge in [-0.25, -0.2) is 33.4 Å². The van der Waals surface area contributed by atoms with Crippen molar-refractivity contribution in [3.8, 4) is 17.2 Å². The fraction of sp³-hybridized carbons (Fsp3) is 0.387. The zero-order valence-electron chi connectivity index (χ0n) is 25.2. The summed E-state index contributed by atoms with van der Waals surface area (Å²) in [6.45, 7) is 6.52. The van der Waals surface area contributed by atoms with E-state index in [1.54, 1.807) is 54.0 Å². The normalized spacial score (nSPS) is 20.2. The van der Waals surface area contributed by atoms with Gasteiger partial charge < -0.3 is 29.2 Å². The minimum Gasteiger partial charge on any atom is -0.484 e. The van der Waals surface area contributed by atoms with Crippen LogP contribution in [-0.2, 0) is 11.8 Å².